The predicted molar refractivity (Wildman–Crippen MR) is 56.6 cm³/mol. The van der Waals surface area contributed by atoms with Crippen LogP contribution in [0.25, 0.3) is 10.4 Å². The van der Waals surface area contributed by atoms with E-state index in [-0.39, 0.29) is 24.9 Å². The Morgan fingerprint density at radius 1 is 1.56 bits per heavy atom. The number of nitrogens with zero attached hydrogens (tertiary/aromatic N) is 3. The van der Waals surface area contributed by atoms with E-state index < -0.39 is 5.41 Å². The van der Waals surface area contributed by atoms with Gasteiger partial charge in [-0.15, -0.1) is 0 Å². The number of Topliss-reactive ketones (excluding diaryl/α,β-unsaturated/α-hetero) is 1. The first-order valence-corrected chi connectivity index (χ1v) is 5.28. The van der Waals surface area contributed by atoms with Gasteiger partial charge >= 0.3 is 5.97 Å². The maximum atomic E-state index is 11.7. The first-order valence-electron chi connectivity index (χ1n) is 5.28. The number of esters is 1. The lowest BCUT2D eigenvalue weighted by atomic mass is 9.75. The van der Waals surface area contributed by atoms with E-state index in [9.17, 15) is 9.59 Å². The van der Waals surface area contributed by atoms with E-state index in [1.165, 1.54) is 0 Å². The molecule has 1 saturated carbocycles. The molecule has 0 heterocycles. The van der Waals surface area contributed by atoms with Crippen LogP contribution in [0.15, 0.2) is 5.11 Å². The van der Waals surface area contributed by atoms with Crippen LogP contribution in [0, 0.1) is 5.41 Å². The molecular weight excluding hydrogens is 210 g/mol. The highest BCUT2D eigenvalue weighted by atomic mass is 16.5. The third-order valence-electron chi connectivity index (χ3n) is 2.89. The number of hydrogen-bond acceptors (Lipinski definition) is 4. The van der Waals surface area contributed by atoms with Gasteiger partial charge < -0.3 is 4.74 Å². The average molecular weight is 225 g/mol. The summed E-state index contributed by atoms with van der Waals surface area (Å²) >= 11 is 0. The van der Waals surface area contributed by atoms with Crippen molar-refractivity contribution >= 4 is 11.8 Å². The molecule has 0 aromatic heterocycles. The summed E-state index contributed by atoms with van der Waals surface area (Å²) in [7, 11) is 0. The highest BCUT2D eigenvalue weighted by Crippen LogP contribution is 2.35. The minimum Gasteiger partial charge on any atom is -0.465 e. The number of carbonyl (C=O) groups is 2. The summed E-state index contributed by atoms with van der Waals surface area (Å²) < 4.78 is 5.01. The molecule has 6 heteroatoms. The molecule has 0 N–H and O–H groups in total. The van der Waals surface area contributed by atoms with Crippen LogP contribution in [0.3, 0.4) is 0 Å². The molecule has 0 amide bonds. The van der Waals surface area contributed by atoms with Crippen molar-refractivity contribution in [2.75, 3.05) is 13.2 Å². The van der Waals surface area contributed by atoms with Crippen LogP contribution in [0.4, 0.5) is 0 Å². The Hall–Kier alpha value is -1.55. The zero-order chi connectivity index (χ0) is 12.0. The smallest absolute Gasteiger partial charge is 0.311 e. The van der Waals surface area contributed by atoms with Crippen molar-refractivity contribution in [2.24, 2.45) is 10.5 Å². The predicted octanol–water partition coefficient (Wildman–Crippen LogP) is 1.99. The van der Waals surface area contributed by atoms with Crippen LogP contribution in [0.1, 0.15) is 32.6 Å². The fraction of sp³-hybridized carbons (Fsp3) is 0.800. The number of rotatable bonds is 4. The maximum absolute atomic E-state index is 11.7. The highest BCUT2D eigenvalue weighted by molar-refractivity contribution is 5.84. The van der Waals surface area contributed by atoms with Crippen molar-refractivity contribution in [2.45, 2.75) is 32.6 Å². The summed E-state index contributed by atoms with van der Waals surface area (Å²) in [6, 6.07) is 0. The van der Waals surface area contributed by atoms with Crippen molar-refractivity contribution in [3.63, 3.8) is 0 Å². The molecule has 0 bridgehead atoms. The van der Waals surface area contributed by atoms with Crippen LogP contribution in [-0.4, -0.2) is 24.9 Å². The van der Waals surface area contributed by atoms with Crippen LogP contribution >= 0.6 is 0 Å². The van der Waals surface area contributed by atoms with E-state index in [0.29, 0.717) is 25.7 Å². The molecule has 0 aromatic carbocycles. The molecule has 0 radical (unpaired) electrons. The molecule has 0 aliphatic heterocycles. The summed E-state index contributed by atoms with van der Waals surface area (Å²) in [5.41, 5.74) is 7.49. The number of ketones is 1. The van der Waals surface area contributed by atoms with E-state index in [1.54, 1.807) is 0 Å². The van der Waals surface area contributed by atoms with Crippen LogP contribution in [0.5, 0.6) is 0 Å². The lowest BCUT2D eigenvalue weighted by molar-refractivity contribution is -0.157. The Bertz CT molecular complexity index is 324. The second-order valence-electron chi connectivity index (χ2n) is 4.19. The zero-order valence-corrected chi connectivity index (χ0v) is 9.31. The van der Waals surface area contributed by atoms with Gasteiger partial charge in [0, 0.05) is 17.8 Å². The van der Waals surface area contributed by atoms with Gasteiger partial charge in [0.15, 0.2) is 0 Å². The molecule has 1 fully saturated rings. The SMILES string of the molecule is CC1(C(=O)OCCN=[N+]=[N-])CCC(=O)CC1. The maximum Gasteiger partial charge on any atom is 0.311 e. The molecular formula is C10H15N3O3. The average Bonchev–Trinajstić information content (AvgIpc) is 2.28. The quantitative estimate of drug-likeness (QED) is 0.241. The fourth-order valence-electron chi connectivity index (χ4n) is 1.68. The second-order valence-corrected chi connectivity index (χ2v) is 4.19. The van der Waals surface area contributed by atoms with E-state index in [2.05, 4.69) is 10.0 Å². The van der Waals surface area contributed by atoms with Crippen LogP contribution in [0.2, 0.25) is 0 Å². The third-order valence-corrected chi connectivity index (χ3v) is 2.89. The second kappa shape index (κ2) is 5.51. The standard InChI is InChI=1S/C10H15N3O3/c1-10(4-2-8(14)3-5-10)9(15)16-7-6-12-13-11/h2-7H2,1H3. The summed E-state index contributed by atoms with van der Waals surface area (Å²) in [5, 5.41) is 3.27. The van der Waals surface area contributed by atoms with Crippen LogP contribution in [-0.2, 0) is 14.3 Å². The Balaban J connectivity index is 2.40. The van der Waals surface area contributed by atoms with Gasteiger partial charge in [0.2, 0.25) is 0 Å². The van der Waals surface area contributed by atoms with Crippen molar-refractivity contribution in [1.82, 2.24) is 0 Å². The molecule has 6 nitrogen and oxygen atoms in total. The molecule has 16 heavy (non-hydrogen) atoms. The first kappa shape index (κ1) is 12.5. The molecule has 88 valence electrons. The van der Waals surface area contributed by atoms with Gasteiger partial charge in [-0.05, 0) is 25.3 Å². The molecule has 0 atom stereocenters. The summed E-state index contributed by atoms with van der Waals surface area (Å²) in [6.45, 7) is 2.07. The van der Waals surface area contributed by atoms with E-state index in [0.717, 1.165) is 0 Å². The Labute approximate surface area is 93.6 Å². The van der Waals surface area contributed by atoms with Gasteiger partial charge in [0.25, 0.3) is 0 Å². The third kappa shape index (κ3) is 3.24. The highest BCUT2D eigenvalue weighted by Gasteiger charge is 2.38. The lowest BCUT2D eigenvalue weighted by Crippen LogP contribution is -2.34. The minimum absolute atomic E-state index is 0.104. The molecule has 0 unspecified atom stereocenters. The van der Waals surface area contributed by atoms with Crippen molar-refractivity contribution < 1.29 is 14.3 Å². The van der Waals surface area contributed by atoms with Gasteiger partial charge in [0.1, 0.15) is 5.78 Å². The van der Waals surface area contributed by atoms with Gasteiger partial charge in [-0.3, -0.25) is 9.59 Å². The fourth-order valence-corrected chi connectivity index (χ4v) is 1.68. The molecule has 0 saturated heterocycles. The molecule has 1 rings (SSSR count). The first-order chi connectivity index (χ1) is 7.58. The number of hydrogen-bond donors (Lipinski definition) is 0. The normalized spacial score (nSPS) is 18.7. The van der Waals surface area contributed by atoms with Gasteiger partial charge in [0.05, 0.1) is 18.6 Å². The van der Waals surface area contributed by atoms with Crippen molar-refractivity contribution in [3.8, 4) is 0 Å². The molecule has 0 aromatic rings. The summed E-state index contributed by atoms with van der Waals surface area (Å²) in [6.07, 6.45) is 1.99. The molecule has 0 spiro atoms. The van der Waals surface area contributed by atoms with Gasteiger partial charge in [-0.25, -0.2) is 0 Å². The molecule has 1 aliphatic rings. The van der Waals surface area contributed by atoms with E-state index in [1.807, 2.05) is 6.92 Å². The van der Waals surface area contributed by atoms with Gasteiger partial charge in [-0.2, -0.15) is 0 Å². The number of azide groups is 1. The Morgan fingerprint density at radius 3 is 2.75 bits per heavy atom. The summed E-state index contributed by atoms with van der Waals surface area (Å²) in [5.74, 6) is -0.0903. The largest absolute Gasteiger partial charge is 0.465 e. The van der Waals surface area contributed by atoms with Gasteiger partial charge in [-0.1, -0.05) is 5.11 Å². The monoisotopic (exact) mass is 225 g/mol. The summed E-state index contributed by atoms with van der Waals surface area (Å²) in [4.78, 5) is 25.3. The zero-order valence-electron chi connectivity index (χ0n) is 9.31. The van der Waals surface area contributed by atoms with Crippen LogP contribution < -0.4 is 0 Å². The Kier molecular flexibility index (Phi) is 4.31. The minimum atomic E-state index is -0.551. The Morgan fingerprint density at radius 2 is 2.19 bits per heavy atom. The van der Waals surface area contributed by atoms with E-state index in [4.69, 9.17) is 10.3 Å². The van der Waals surface area contributed by atoms with E-state index >= 15 is 0 Å². The topological polar surface area (TPSA) is 92.1 Å². The number of ether oxygens (including phenoxy) is 1. The van der Waals surface area contributed by atoms with Crippen molar-refractivity contribution in [3.05, 3.63) is 10.4 Å². The number of carbonyl (C=O) groups excluding carboxylic acids is 2. The lowest BCUT2D eigenvalue weighted by Gasteiger charge is -2.30. The van der Waals surface area contributed by atoms with Crippen molar-refractivity contribution in [1.29, 1.82) is 0 Å². The molecule has 1 aliphatic carbocycles.